The van der Waals surface area contributed by atoms with Gasteiger partial charge in [-0.05, 0) is 13.0 Å². The van der Waals surface area contributed by atoms with Crippen LogP contribution >= 0.6 is 0 Å². The zero-order valence-electron chi connectivity index (χ0n) is 13.2. The number of ether oxygens (including phenoxy) is 2. The first-order valence-electron chi connectivity index (χ1n) is 7.12. The quantitative estimate of drug-likeness (QED) is 0.652. The number of methoxy groups -OCH3 is 2. The molecule has 120 valence electrons. The monoisotopic (exact) mass is 315 g/mol. The van der Waals surface area contributed by atoms with Crippen molar-refractivity contribution in [1.29, 1.82) is 0 Å². The molecule has 3 heterocycles. The standard InChI is InChI=1S/C14H17N7O2/c1-9-13(10-4-6-15-11(16-10)5-7-22-2)18-19-14-17-12(8-23-3)20-21(9)14/h4,6H,5,7-8H2,1-3H3. The molecule has 0 N–H and O–H groups in total. The van der Waals surface area contributed by atoms with Crippen molar-refractivity contribution < 1.29 is 9.47 Å². The molecule has 0 aliphatic heterocycles. The molecule has 9 heteroatoms. The molecule has 0 spiro atoms. The fourth-order valence-electron chi connectivity index (χ4n) is 2.17. The van der Waals surface area contributed by atoms with E-state index < -0.39 is 0 Å². The second-order valence-corrected chi connectivity index (χ2v) is 4.91. The van der Waals surface area contributed by atoms with E-state index in [1.54, 1.807) is 31.0 Å². The van der Waals surface area contributed by atoms with E-state index in [-0.39, 0.29) is 0 Å². The van der Waals surface area contributed by atoms with Gasteiger partial charge in [0.1, 0.15) is 18.1 Å². The Balaban J connectivity index is 2.00. The Hall–Kier alpha value is -2.52. The van der Waals surface area contributed by atoms with Gasteiger partial charge >= 0.3 is 0 Å². The molecular formula is C14H17N7O2. The second kappa shape index (κ2) is 6.71. The summed E-state index contributed by atoms with van der Waals surface area (Å²) in [5.41, 5.74) is 2.15. The highest BCUT2D eigenvalue weighted by molar-refractivity contribution is 5.57. The van der Waals surface area contributed by atoms with Crippen LogP contribution in [-0.2, 0) is 22.5 Å². The Labute approximate surface area is 132 Å². The smallest absolute Gasteiger partial charge is 0.272 e. The largest absolute Gasteiger partial charge is 0.384 e. The van der Waals surface area contributed by atoms with Crippen LogP contribution in [0.3, 0.4) is 0 Å². The minimum atomic E-state index is 0.326. The van der Waals surface area contributed by atoms with Gasteiger partial charge < -0.3 is 9.47 Å². The van der Waals surface area contributed by atoms with Gasteiger partial charge in [-0.15, -0.1) is 15.3 Å². The lowest BCUT2D eigenvalue weighted by atomic mass is 10.2. The van der Waals surface area contributed by atoms with Crippen LogP contribution in [0.5, 0.6) is 0 Å². The van der Waals surface area contributed by atoms with Crippen LogP contribution in [0.4, 0.5) is 0 Å². The van der Waals surface area contributed by atoms with Crippen molar-refractivity contribution in [2.45, 2.75) is 20.0 Å². The van der Waals surface area contributed by atoms with E-state index in [2.05, 4.69) is 30.2 Å². The first kappa shape index (κ1) is 15.4. The molecule has 9 nitrogen and oxygen atoms in total. The average molecular weight is 315 g/mol. The molecule has 0 aliphatic carbocycles. The summed E-state index contributed by atoms with van der Waals surface area (Å²) in [6, 6.07) is 1.80. The third kappa shape index (κ3) is 3.15. The molecule has 3 aromatic rings. The lowest BCUT2D eigenvalue weighted by Crippen LogP contribution is -2.06. The summed E-state index contributed by atoms with van der Waals surface area (Å²) in [5, 5.41) is 12.7. The van der Waals surface area contributed by atoms with E-state index in [0.29, 0.717) is 48.4 Å². The van der Waals surface area contributed by atoms with Crippen molar-refractivity contribution in [3.8, 4) is 11.4 Å². The Bertz CT molecular complexity index is 818. The summed E-state index contributed by atoms with van der Waals surface area (Å²) in [7, 11) is 3.24. The number of nitrogens with zero attached hydrogens (tertiary/aromatic N) is 7. The Kier molecular flexibility index (Phi) is 4.49. The van der Waals surface area contributed by atoms with Gasteiger partial charge in [0, 0.05) is 26.8 Å². The Morgan fingerprint density at radius 2 is 1.96 bits per heavy atom. The number of aromatic nitrogens is 7. The van der Waals surface area contributed by atoms with E-state index in [1.165, 1.54) is 0 Å². The predicted octanol–water partition coefficient (Wildman–Crippen LogP) is 0.620. The van der Waals surface area contributed by atoms with Crippen molar-refractivity contribution >= 4 is 5.78 Å². The number of hydrogen-bond donors (Lipinski definition) is 0. The average Bonchev–Trinajstić information content (AvgIpc) is 2.97. The minimum absolute atomic E-state index is 0.326. The maximum absolute atomic E-state index is 5.06. The van der Waals surface area contributed by atoms with Crippen LogP contribution in [-0.4, -0.2) is 55.6 Å². The van der Waals surface area contributed by atoms with Gasteiger partial charge in [0.25, 0.3) is 5.78 Å². The molecule has 0 fully saturated rings. The Morgan fingerprint density at radius 1 is 1.09 bits per heavy atom. The zero-order chi connectivity index (χ0) is 16.2. The van der Waals surface area contributed by atoms with Crippen LogP contribution in [0, 0.1) is 6.92 Å². The van der Waals surface area contributed by atoms with Gasteiger partial charge in [0.05, 0.1) is 18.0 Å². The third-order valence-corrected chi connectivity index (χ3v) is 3.29. The van der Waals surface area contributed by atoms with Gasteiger partial charge in [-0.25, -0.2) is 9.97 Å². The summed E-state index contributed by atoms with van der Waals surface area (Å²) in [5.74, 6) is 1.70. The van der Waals surface area contributed by atoms with Crippen LogP contribution < -0.4 is 0 Å². The molecule has 0 amide bonds. The molecular weight excluding hydrogens is 298 g/mol. The SMILES string of the molecule is COCCc1nccc(-c2nnc3nc(COC)nn3c2C)n1. The molecule has 23 heavy (non-hydrogen) atoms. The van der Waals surface area contributed by atoms with Gasteiger partial charge in [-0.1, -0.05) is 0 Å². The maximum Gasteiger partial charge on any atom is 0.272 e. The van der Waals surface area contributed by atoms with Crippen LogP contribution in [0.1, 0.15) is 17.3 Å². The molecule has 3 aromatic heterocycles. The van der Waals surface area contributed by atoms with Crippen molar-refractivity contribution in [2.24, 2.45) is 0 Å². The summed E-state index contributed by atoms with van der Waals surface area (Å²) < 4.78 is 11.7. The van der Waals surface area contributed by atoms with Crippen LogP contribution in [0.15, 0.2) is 12.3 Å². The molecule has 0 unspecified atom stereocenters. The second-order valence-electron chi connectivity index (χ2n) is 4.91. The molecule has 0 saturated carbocycles. The van der Waals surface area contributed by atoms with Gasteiger partial charge in [0.15, 0.2) is 5.82 Å². The summed E-state index contributed by atoms with van der Waals surface area (Å²) >= 11 is 0. The van der Waals surface area contributed by atoms with Gasteiger partial charge in [-0.2, -0.15) is 9.50 Å². The number of aryl methyl sites for hydroxylation is 1. The summed E-state index contributed by atoms with van der Waals surface area (Å²) in [6.07, 6.45) is 2.34. The van der Waals surface area contributed by atoms with E-state index >= 15 is 0 Å². The highest BCUT2D eigenvalue weighted by Crippen LogP contribution is 2.18. The number of hydrogen-bond acceptors (Lipinski definition) is 8. The van der Waals surface area contributed by atoms with E-state index in [0.717, 1.165) is 5.69 Å². The first-order chi connectivity index (χ1) is 11.2. The molecule has 0 bridgehead atoms. The molecule has 0 aliphatic rings. The molecule has 0 saturated heterocycles. The molecule has 0 aromatic carbocycles. The molecule has 0 radical (unpaired) electrons. The fraction of sp³-hybridized carbons (Fsp3) is 0.429. The van der Waals surface area contributed by atoms with Gasteiger partial charge in [-0.3, -0.25) is 0 Å². The summed E-state index contributed by atoms with van der Waals surface area (Å²) in [6.45, 7) is 2.79. The van der Waals surface area contributed by atoms with E-state index in [9.17, 15) is 0 Å². The third-order valence-electron chi connectivity index (χ3n) is 3.29. The highest BCUT2D eigenvalue weighted by Gasteiger charge is 2.14. The van der Waals surface area contributed by atoms with Crippen molar-refractivity contribution in [1.82, 2.24) is 34.8 Å². The zero-order valence-corrected chi connectivity index (χ0v) is 13.2. The van der Waals surface area contributed by atoms with Crippen LogP contribution in [0.25, 0.3) is 17.2 Å². The number of rotatable bonds is 6. The van der Waals surface area contributed by atoms with E-state index in [1.807, 2.05) is 6.92 Å². The topological polar surface area (TPSA) is 100 Å². The lowest BCUT2D eigenvalue weighted by Gasteiger charge is -2.06. The summed E-state index contributed by atoms with van der Waals surface area (Å²) in [4.78, 5) is 13.0. The highest BCUT2D eigenvalue weighted by atomic mass is 16.5. The van der Waals surface area contributed by atoms with Gasteiger partial charge in [0.2, 0.25) is 0 Å². The normalized spacial score (nSPS) is 11.3. The maximum atomic E-state index is 5.06. The fourth-order valence-corrected chi connectivity index (χ4v) is 2.17. The molecule has 0 atom stereocenters. The van der Waals surface area contributed by atoms with Crippen LogP contribution in [0.2, 0.25) is 0 Å². The molecule has 3 rings (SSSR count). The minimum Gasteiger partial charge on any atom is -0.384 e. The van der Waals surface area contributed by atoms with E-state index in [4.69, 9.17) is 9.47 Å². The number of fused-ring (bicyclic) bond motifs is 1. The van der Waals surface area contributed by atoms with Crippen molar-refractivity contribution in [3.63, 3.8) is 0 Å². The predicted molar refractivity (Wildman–Crippen MR) is 80.6 cm³/mol. The Morgan fingerprint density at radius 3 is 2.74 bits per heavy atom. The van der Waals surface area contributed by atoms with Crippen molar-refractivity contribution in [2.75, 3.05) is 20.8 Å². The first-order valence-corrected chi connectivity index (χ1v) is 7.12. The van der Waals surface area contributed by atoms with Crippen molar-refractivity contribution in [3.05, 3.63) is 29.6 Å². The lowest BCUT2D eigenvalue weighted by molar-refractivity contribution is 0.178.